The van der Waals surface area contributed by atoms with E-state index in [4.69, 9.17) is 4.74 Å². The van der Waals surface area contributed by atoms with Crippen LogP contribution in [0.15, 0.2) is 72.8 Å². The number of nitrogens with zero attached hydrogens (tertiary/aromatic N) is 2. The average Bonchev–Trinajstić information content (AvgIpc) is 2.88. The van der Waals surface area contributed by atoms with Gasteiger partial charge in [-0.2, -0.15) is 0 Å². The SMILES string of the molecule is COc1ccccc1N1CCN(CCCC(=O)NCc2ccccc2-c2cccc(F)c2)CC1. The topological polar surface area (TPSA) is 44.8 Å². The molecule has 0 aromatic heterocycles. The van der Waals surface area contributed by atoms with Crippen molar-refractivity contribution < 1.29 is 13.9 Å². The number of para-hydroxylation sites is 2. The third-order valence-corrected chi connectivity index (χ3v) is 6.31. The third kappa shape index (κ3) is 6.14. The van der Waals surface area contributed by atoms with Gasteiger partial charge in [0.05, 0.1) is 12.8 Å². The zero-order valence-corrected chi connectivity index (χ0v) is 19.7. The van der Waals surface area contributed by atoms with E-state index in [9.17, 15) is 9.18 Å². The summed E-state index contributed by atoms with van der Waals surface area (Å²) in [6.07, 6.45) is 1.32. The predicted molar refractivity (Wildman–Crippen MR) is 135 cm³/mol. The van der Waals surface area contributed by atoms with Crippen LogP contribution in [-0.4, -0.2) is 50.6 Å². The minimum Gasteiger partial charge on any atom is -0.495 e. The molecule has 0 spiro atoms. The number of amides is 1. The van der Waals surface area contributed by atoms with Gasteiger partial charge in [0.25, 0.3) is 0 Å². The van der Waals surface area contributed by atoms with Gasteiger partial charge in [-0.25, -0.2) is 4.39 Å². The molecule has 1 fully saturated rings. The van der Waals surface area contributed by atoms with E-state index in [1.807, 2.05) is 48.5 Å². The largest absolute Gasteiger partial charge is 0.495 e. The second-order valence-corrected chi connectivity index (χ2v) is 8.55. The Hall–Kier alpha value is -3.38. The van der Waals surface area contributed by atoms with E-state index in [0.717, 1.165) is 67.3 Å². The molecule has 0 radical (unpaired) electrons. The highest BCUT2D eigenvalue weighted by atomic mass is 19.1. The number of hydrogen-bond acceptors (Lipinski definition) is 4. The van der Waals surface area contributed by atoms with Crippen molar-refractivity contribution in [3.05, 3.63) is 84.2 Å². The molecule has 1 N–H and O–H groups in total. The van der Waals surface area contributed by atoms with Gasteiger partial charge in [-0.15, -0.1) is 0 Å². The Labute approximate surface area is 201 Å². The number of methoxy groups -OCH3 is 1. The number of benzene rings is 3. The van der Waals surface area contributed by atoms with Crippen LogP contribution in [0.2, 0.25) is 0 Å². The number of carbonyl (C=O) groups excluding carboxylic acids is 1. The number of carbonyl (C=O) groups is 1. The average molecular weight is 462 g/mol. The van der Waals surface area contributed by atoms with Crippen LogP contribution < -0.4 is 15.0 Å². The standard InChI is InChI=1S/C28H32FN3O2/c1-34-27-13-5-4-12-26(27)32-18-16-31(17-19-32)15-7-14-28(33)30-21-23-8-2-3-11-25(23)22-9-6-10-24(29)20-22/h2-6,8-13,20H,7,14-19,21H2,1H3,(H,30,33). The molecule has 1 aliphatic heterocycles. The monoisotopic (exact) mass is 461 g/mol. The van der Waals surface area contributed by atoms with Crippen LogP contribution in [0, 0.1) is 5.82 Å². The number of halogens is 1. The molecule has 4 rings (SSSR count). The Morgan fingerprint density at radius 1 is 0.971 bits per heavy atom. The van der Waals surface area contributed by atoms with Crippen LogP contribution in [0.4, 0.5) is 10.1 Å². The fourth-order valence-electron chi connectivity index (χ4n) is 4.46. The van der Waals surface area contributed by atoms with Crippen molar-refractivity contribution in [2.75, 3.05) is 44.7 Å². The van der Waals surface area contributed by atoms with Gasteiger partial charge in [0.15, 0.2) is 0 Å². The lowest BCUT2D eigenvalue weighted by molar-refractivity contribution is -0.121. The van der Waals surface area contributed by atoms with Gasteiger partial charge in [0.1, 0.15) is 11.6 Å². The Bertz CT molecular complexity index is 1100. The summed E-state index contributed by atoms with van der Waals surface area (Å²) in [6, 6.07) is 22.5. The first-order valence-corrected chi connectivity index (χ1v) is 11.8. The maximum Gasteiger partial charge on any atom is 0.220 e. The third-order valence-electron chi connectivity index (χ3n) is 6.31. The van der Waals surface area contributed by atoms with Crippen molar-refractivity contribution >= 4 is 11.6 Å². The number of hydrogen-bond donors (Lipinski definition) is 1. The van der Waals surface area contributed by atoms with Gasteiger partial charge in [-0.3, -0.25) is 9.69 Å². The molecule has 3 aromatic carbocycles. The second kappa shape index (κ2) is 11.7. The van der Waals surface area contributed by atoms with Crippen LogP contribution >= 0.6 is 0 Å². The summed E-state index contributed by atoms with van der Waals surface area (Å²) in [6.45, 7) is 5.18. The van der Waals surface area contributed by atoms with Crippen molar-refractivity contribution in [1.82, 2.24) is 10.2 Å². The van der Waals surface area contributed by atoms with Gasteiger partial charge in [0, 0.05) is 39.1 Å². The highest BCUT2D eigenvalue weighted by Crippen LogP contribution is 2.28. The zero-order valence-electron chi connectivity index (χ0n) is 19.7. The Kier molecular flexibility index (Phi) is 8.15. The van der Waals surface area contributed by atoms with E-state index < -0.39 is 0 Å². The Morgan fingerprint density at radius 2 is 1.74 bits per heavy atom. The minimum absolute atomic E-state index is 0.0432. The number of anilines is 1. The Morgan fingerprint density at radius 3 is 2.53 bits per heavy atom. The molecule has 1 amide bonds. The molecule has 0 atom stereocenters. The van der Waals surface area contributed by atoms with Crippen LogP contribution in [0.1, 0.15) is 18.4 Å². The molecule has 6 heteroatoms. The number of nitrogens with one attached hydrogen (secondary N) is 1. The summed E-state index contributed by atoms with van der Waals surface area (Å²) in [5.41, 5.74) is 3.88. The smallest absolute Gasteiger partial charge is 0.220 e. The predicted octanol–water partition coefficient (Wildman–Crippen LogP) is 4.72. The molecular formula is C28H32FN3O2. The lowest BCUT2D eigenvalue weighted by Crippen LogP contribution is -2.46. The first-order valence-electron chi connectivity index (χ1n) is 11.8. The van der Waals surface area contributed by atoms with Crippen molar-refractivity contribution in [2.45, 2.75) is 19.4 Å². The molecule has 5 nitrogen and oxygen atoms in total. The first-order chi connectivity index (χ1) is 16.6. The summed E-state index contributed by atoms with van der Waals surface area (Å²) in [5, 5.41) is 3.03. The van der Waals surface area contributed by atoms with Crippen LogP contribution in [0.5, 0.6) is 5.75 Å². The van der Waals surface area contributed by atoms with E-state index in [1.54, 1.807) is 13.2 Å². The van der Waals surface area contributed by atoms with Gasteiger partial charge < -0.3 is 15.0 Å². The summed E-state index contributed by atoms with van der Waals surface area (Å²) in [7, 11) is 1.71. The van der Waals surface area contributed by atoms with Gasteiger partial charge in [0.2, 0.25) is 5.91 Å². The fraction of sp³-hybridized carbons (Fsp3) is 0.321. The molecule has 1 saturated heterocycles. The summed E-state index contributed by atoms with van der Waals surface area (Å²) >= 11 is 0. The van der Waals surface area contributed by atoms with Crippen LogP contribution in [0.3, 0.4) is 0 Å². The summed E-state index contributed by atoms with van der Waals surface area (Å²) in [5.74, 6) is 0.688. The molecular weight excluding hydrogens is 429 g/mol. The van der Waals surface area contributed by atoms with E-state index in [2.05, 4.69) is 21.2 Å². The van der Waals surface area contributed by atoms with Gasteiger partial charge in [-0.1, -0.05) is 48.5 Å². The second-order valence-electron chi connectivity index (χ2n) is 8.55. The van der Waals surface area contributed by atoms with Crippen LogP contribution in [0.25, 0.3) is 11.1 Å². The number of ether oxygens (including phenoxy) is 1. The van der Waals surface area contributed by atoms with Gasteiger partial charge >= 0.3 is 0 Å². The van der Waals surface area contributed by atoms with E-state index in [0.29, 0.717) is 13.0 Å². The molecule has 178 valence electrons. The summed E-state index contributed by atoms with van der Waals surface area (Å²) in [4.78, 5) is 17.2. The number of rotatable bonds is 9. The number of piperazine rings is 1. The van der Waals surface area contributed by atoms with E-state index in [1.165, 1.54) is 12.1 Å². The molecule has 1 aliphatic rings. The lowest BCUT2D eigenvalue weighted by Gasteiger charge is -2.36. The van der Waals surface area contributed by atoms with Crippen molar-refractivity contribution in [3.63, 3.8) is 0 Å². The molecule has 34 heavy (non-hydrogen) atoms. The zero-order chi connectivity index (χ0) is 23.8. The van der Waals surface area contributed by atoms with Gasteiger partial charge in [-0.05, 0) is 53.9 Å². The van der Waals surface area contributed by atoms with Crippen molar-refractivity contribution in [2.24, 2.45) is 0 Å². The first kappa shape index (κ1) is 23.8. The van der Waals surface area contributed by atoms with Crippen molar-refractivity contribution in [1.29, 1.82) is 0 Å². The molecule has 0 aliphatic carbocycles. The van der Waals surface area contributed by atoms with Crippen molar-refractivity contribution in [3.8, 4) is 16.9 Å². The quantitative estimate of drug-likeness (QED) is 0.501. The van der Waals surface area contributed by atoms with Crippen LogP contribution in [-0.2, 0) is 11.3 Å². The fourth-order valence-corrected chi connectivity index (χ4v) is 4.46. The summed E-state index contributed by atoms with van der Waals surface area (Å²) < 4.78 is 19.1. The van der Waals surface area contributed by atoms with E-state index >= 15 is 0 Å². The maximum absolute atomic E-state index is 13.7. The highest BCUT2D eigenvalue weighted by molar-refractivity contribution is 5.76. The molecule has 0 unspecified atom stereocenters. The van der Waals surface area contributed by atoms with E-state index in [-0.39, 0.29) is 11.7 Å². The molecule has 0 saturated carbocycles. The highest BCUT2D eigenvalue weighted by Gasteiger charge is 2.19. The molecule has 0 bridgehead atoms. The lowest BCUT2D eigenvalue weighted by atomic mass is 9.99. The molecule has 3 aromatic rings. The minimum atomic E-state index is -0.264. The molecule has 1 heterocycles. The normalized spacial score (nSPS) is 14.1. The Balaban J connectivity index is 1.20. The maximum atomic E-state index is 13.7.